The number of nitrogens with zero attached hydrogens (tertiary/aromatic N) is 1. The fourth-order valence-corrected chi connectivity index (χ4v) is 6.71. The topological polar surface area (TPSA) is 57.6 Å². The minimum atomic E-state index is -3.40. The van der Waals surface area contributed by atoms with Gasteiger partial charge in [0.15, 0.2) is 0 Å². The Bertz CT molecular complexity index is 618. The molecular formula is C15H23NO3S2. The van der Waals surface area contributed by atoms with Crippen molar-refractivity contribution in [3.05, 3.63) is 16.5 Å². The summed E-state index contributed by atoms with van der Waals surface area (Å²) in [5.41, 5.74) is 0.399. The molecule has 0 bridgehead atoms. The highest BCUT2D eigenvalue weighted by molar-refractivity contribution is 7.91. The summed E-state index contributed by atoms with van der Waals surface area (Å²) in [4.78, 5) is 1.06. The molecule has 6 heteroatoms. The van der Waals surface area contributed by atoms with Gasteiger partial charge in [0.25, 0.3) is 10.0 Å². The van der Waals surface area contributed by atoms with E-state index in [0.29, 0.717) is 23.7 Å². The molecule has 118 valence electrons. The Hall–Kier alpha value is -0.430. The first-order chi connectivity index (χ1) is 9.83. The molecule has 21 heavy (non-hydrogen) atoms. The van der Waals surface area contributed by atoms with E-state index in [1.807, 2.05) is 13.8 Å². The summed E-state index contributed by atoms with van der Waals surface area (Å²) in [6, 6.07) is 1.77. The lowest BCUT2D eigenvalue weighted by Gasteiger charge is -2.46. The molecule has 3 rings (SSSR count). The molecule has 1 aliphatic carbocycles. The molecule has 2 unspecified atom stereocenters. The van der Waals surface area contributed by atoms with Crippen LogP contribution in [-0.2, 0) is 10.0 Å². The molecule has 0 spiro atoms. The van der Waals surface area contributed by atoms with E-state index in [-0.39, 0.29) is 5.92 Å². The van der Waals surface area contributed by atoms with E-state index in [4.69, 9.17) is 0 Å². The largest absolute Gasteiger partial charge is 0.390 e. The van der Waals surface area contributed by atoms with Crippen molar-refractivity contribution in [1.29, 1.82) is 0 Å². The zero-order valence-corrected chi connectivity index (χ0v) is 14.3. The van der Waals surface area contributed by atoms with E-state index >= 15 is 0 Å². The van der Waals surface area contributed by atoms with Gasteiger partial charge < -0.3 is 5.11 Å². The van der Waals surface area contributed by atoms with E-state index in [2.05, 4.69) is 0 Å². The Morgan fingerprint density at radius 2 is 2.10 bits per heavy atom. The van der Waals surface area contributed by atoms with Gasteiger partial charge in [-0.2, -0.15) is 4.31 Å². The molecule has 1 aliphatic heterocycles. The number of piperidine rings is 1. The van der Waals surface area contributed by atoms with Crippen LogP contribution in [0.3, 0.4) is 0 Å². The average molecular weight is 329 g/mol. The number of thiophene rings is 1. The lowest BCUT2D eigenvalue weighted by molar-refractivity contribution is -0.0816. The first-order valence-corrected chi connectivity index (χ1v) is 9.88. The molecule has 2 fully saturated rings. The molecule has 1 aromatic heterocycles. The fraction of sp³-hybridized carbons (Fsp3) is 0.733. The summed E-state index contributed by atoms with van der Waals surface area (Å²) in [6.07, 6.45) is 4.48. The summed E-state index contributed by atoms with van der Waals surface area (Å²) in [5, 5.41) is 10.7. The molecule has 0 radical (unpaired) electrons. The Morgan fingerprint density at radius 3 is 2.76 bits per heavy atom. The van der Waals surface area contributed by atoms with Gasteiger partial charge in [-0.15, -0.1) is 11.3 Å². The highest BCUT2D eigenvalue weighted by atomic mass is 32.2. The number of rotatable bonds is 2. The quantitative estimate of drug-likeness (QED) is 0.907. The van der Waals surface area contributed by atoms with Crippen LogP contribution in [0.5, 0.6) is 0 Å². The van der Waals surface area contributed by atoms with Crippen molar-refractivity contribution in [2.75, 3.05) is 13.1 Å². The van der Waals surface area contributed by atoms with Gasteiger partial charge in [0.05, 0.1) is 5.60 Å². The molecule has 1 N–H and O–H groups in total. The summed E-state index contributed by atoms with van der Waals surface area (Å²) in [7, 11) is -3.40. The van der Waals surface area contributed by atoms with Gasteiger partial charge in [0, 0.05) is 23.9 Å². The standard InChI is InChI=1S/C15H23NO3S2/c1-11-9-14(20-12(11)2)21(18,19)16-8-7-15(17)6-4-3-5-13(15)10-16/h9,13,17H,3-8,10H2,1-2H3. The second-order valence-corrected chi connectivity index (χ2v) is 9.89. The fourth-order valence-electron chi connectivity index (χ4n) is 3.55. The minimum Gasteiger partial charge on any atom is -0.390 e. The number of sulfonamides is 1. The van der Waals surface area contributed by atoms with Crippen molar-refractivity contribution in [2.24, 2.45) is 5.92 Å². The first-order valence-electron chi connectivity index (χ1n) is 7.62. The second-order valence-electron chi connectivity index (χ2n) is 6.46. The number of aryl methyl sites for hydroxylation is 2. The van der Waals surface area contributed by atoms with Crippen LogP contribution in [0.2, 0.25) is 0 Å². The van der Waals surface area contributed by atoms with Crippen LogP contribution < -0.4 is 0 Å². The van der Waals surface area contributed by atoms with Crippen LogP contribution >= 0.6 is 11.3 Å². The van der Waals surface area contributed by atoms with Gasteiger partial charge in [-0.3, -0.25) is 0 Å². The van der Waals surface area contributed by atoms with Gasteiger partial charge in [0.1, 0.15) is 4.21 Å². The number of hydrogen-bond acceptors (Lipinski definition) is 4. The van der Waals surface area contributed by atoms with Crippen molar-refractivity contribution in [2.45, 2.75) is 55.8 Å². The molecule has 2 aliphatic rings. The van der Waals surface area contributed by atoms with Gasteiger partial charge in [-0.25, -0.2) is 8.42 Å². The monoisotopic (exact) mass is 329 g/mol. The maximum absolute atomic E-state index is 12.8. The molecule has 0 aromatic carbocycles. The Morgan fingerprint density at radius 1 is 1.33 bits per heavy atom. The van der Waals surface area contributed by atoms with Gasteiger partial charge >= 0.3 is 0 Å². The molecule has 0 amide bonds. The zero-order chi connectivity index (χ0) is 15.3. The third kappa shape index (κ3) is 2.67. The third-order valence-electron chi connectivity index (χ3n) is 5.13. The van der Waals surface area contributed by atoms with E-state index in [9.17, 15) is 13.5 Å². The van der Waals surface area contributed by atoms with Crippen LogP contribution in [0.25, 0.3) is 0 Å². The maximum Gasteiger partial charge on any atom is 0.252 e. The third-order valence-corrected chi connectivity index (χ3v) is 8.59. The molecule has 1 saturated carbocycles. The van der Waals surface area contributed by atoms with Gasteiger partial charge in [-0.05, 0) is 44.7 Å². The van der Waals surface area contributed by atoms with E-state index < -0.39 is 15.6 Å². The highest BCUT2D eigenvalue weighted by Crippen LogP contribution is 2.41. The van der Waals surface area contributed by atoms with Crippen LogP contribution in [0.4, 0.5) is 0 Å². The van der Waals surface area contributed by atoms with Crippen LogP contribution in [0, 0.1) is 19.8 Å². The summed E-state index contributed by atoms with van der Waals surface area (Å²) < 4.78 is 27.6. The Kier molecular flexibility index (Phi) is 3.93. The smallest absolute Gasteiger partial charge is 0.252 e. The molecule has 2 atom stereocenters. The average Bonchev–Trinajstić information content (AvgIpc) is 2.78. The lowest BCUT2D eigenvalue weighted by atomic mass is 9.72. The Labute approximate surface area is 130 Å². The number of hydrogen-bond donors (Lipinski definition) is 1. The highest BCUT2D eigenvalue weighted by Gasteiger charge is 2.45. The van der Waals surface area contributed by atoms with Crippen molar-refractivity contribution in [3.63, 3.8) is 0 Å². The molecule has 1 aromatic rings. The molecule has 4 nitrogen and oxygen atoms in total. The first kappa shape index (κ1) is 15.5. The van der Waals surface area contributed by atoms with Crippen molar-refractivity contribution in [3.8, 4) is 0 Å². The Balaban J connectivity index is 1.84. The van der Waals surface area contributed by atoms with Crippen LogP contribution in [-0.4, -0.2) is 36.5 Å². The SMILES string of the molecule is Cc1cc(S(=O)(=O)N2CCC3(O)CCCCC3C2)sc1C. The number of fused-ring (bicyclic) bond motifs is 1. The molecule has 2 heterocycles. The molecule has 1 saturated heterocycles. The van der Waals surface area contributed by atoms with E-state index in [1.165, 1.54) is 11.3 Å². The van der Waals surface area contributed by atoms with Crippen LogP contribution in [0.15, 0.2) is 10.3 Å². The predicted octanol–water partition coefficient (Wildman–Crippen LogP) is 2.68. The van der Waals surface area contributed by atoms with Crippen molar-refractivity contribution in [1.82, 2.24) is 4.31 Å². The number of aliphatic hydroxyl groups is 1. The lowest BCUT2D eigenvalue weighted by Crippen LogP contribution is -2.54. The van der Waals surface area contributed by atoms with E-state index in [0.717, 1.165) is 36.1 Å². The minimum absolute atomic E-state index is 0.0944. The molecular weight excluding hydrogens is 306 g/mol. The predicted molar refractivity (Wildman–Crippen MR) is 84.1 cm³/mol. The summed E-state index contributed by atoms with van der Waals surface area (Å²) >= 11 is 1.35. The van der Waals surface area contributed by atoms with Crippen molar-refractivity contribution >= 4 is 21.4 Å². The van der Waals surface area contributed by atoms with Gasteiger partial charge in [-0.1, -0.05) is 12.8 Å². The maximum atomic E-state index is 12.8. The van der Waals surface area contributed by atoms with Gasteiger partial charge in [0.2, 0.25) is 0 Å². The summed E-state index contributed by atoms with van der Waals surface area (Å²) in [5.74, 6) is 0.0944. The second kappa shape index (κ2) is 5.33. The van der Waals surface area contributed by atoms with E-state index in [1.54, 1.807) is 10.4 Å². The zero-order valence-electron chi connectivity index (χ0n) is 12.6. The summed E-state index contributed by atoms with van der Waals surface area (Å²) in [6.45, 7) is 4.80. The van der Waals surface area contributed by atoms with Crippen LogP contribution in [0.1, 0.15) is 42.5 Å². The normalized spacial score (nSPS) is 31.1. The van der Waals surface area contributed by atoms with Crippen molar-refractivity contribution < 1.29 is 13.5 Å².